The van der Waals surface area contributed by atoms with Gasteiger partial charge in [0.05, 0.1) is 6.61 Å². The molecule has 0 aromatic heterocycles. The van der Waals surface area contributed by atoms with Crippen molar-refractivity contribution in [2.75, 3.05) is 6.61 Å². The molecule has 0 bridgehead atoms. The standard InChI is InChI=1S/C11H15FO.C8H14.C8H16.C6H12/c1-2-3-4-9-13-11-7-5-10(12)6-8-11;1-6(7-2-3-7)8-4-5-8;1-7-3-5-8(2)6-4-7;1-2-3-6-4-5-6/h5-8H,2-4,9H2,1H3;6-8H,2-5H2,1H3;7-8H,3-6H2,1-2H3;6H,2-5H2,1H3. The van der Waals surface area contributed by atoms with Gasteiger partial charge in [-0.3, -0.25) is 0 Å². The summed E-state index contributed by atoms with van der Waals surface area (Å²) in [6.45, 7) is 12.3. The first-order valence-electron chi connectivity index (χ1n) is 15.3. The first kappa shape index (κ1) is 30.2. The fourth-order valence-corrected chi connectivity index (χ4v) is 4.94. The second kappa shape index (κ2) is 17.4. The van der Waals surface area contributed by atoms with Crippen molar-refractivity contribution < 1.29 is 9.13 Å². The minimum Gasteiger partial charge on any atom is -0.494 e. The predicted molar refractivity (Wildman–Crippen MR) is 150 cm³/mol. The molecule has 1 nitrogen and oxygen atoms in total. The van der Waals surface area contributed by atoms with Gasteiger partial charge < -0.3 is 4.74 Å². The molecule has 0 unspecified atom stereocenters. The Morgan fingerprint density at radius 1 is 0.743 bits per heavy atom. The number of unbranched alkanes of at least 4 members (excludes halogenated alkanes) is 2. The molecular formula is C33H57FO. The lowest BCUT2D eigenvalue weighted by Gasteiger charge is -2.22. The molecular weight excluding hydrogens is 431 g/mol. The van der Waals surface area contributed by atoms with Crippen LogP contribution in [0.1, 0.15) is 131 Å². The average Bonchev–Trinajstić information content (AvgIpc) is 3.72. The van der Waals surface area contributed by atoms with Crippen molar-refractivity contribution >= 4 is 0 Å². The van der Waals surface area contributed by atoms with E-state index in [1.165, 1.54) is 102 Å². The molecule has 4 saturated carbocycles. The van der Waals surface area contributed by atoms with Crippen LogP contribution >= 0.6 is 0 Å². The average molecular weight is 489 g/mol. The summed E-state index contributed by atoms with van der Waals surface area (Å²) >= 11 is 0. The second-order valence-electron chi connectivity index (χ2n) is 12.1. The van der Waals surface area contributed by atoms with Gasteiger partial charge in [-0.2, -0.15) is 0 Å². The minimum atomic E-state index is -0.221. The second-order valence-corrected chi connectivity index (χ2v) is 12.1. The minimum absolute atomic E-state index is 0.221. The van der Waals surface area contributed by atoms with Crippen LogP contribution in [0.25, 0.3) is 0 Å². The summed E-state index contributed by atoms with van der Waals surface area (Å²) in [7, 11) is 0. The molecule has 0 saturated heterocycles. The van der Waals surface area contributed by atoms with Crippen molar-refractivity contribution in [2.24, 2.45) is 35.5 Å². The van der Waals surface area contributed by atoms with Crippen LogP contribution in [0.2, 0.25) is 0 Å². The number of benzene rings is 1. The number of ether oxygens (including phenoxy) is 1. The summed E-state index contributed by atoms with van der Waals surface area (Å²) in [5.74, 6) is 7.12. The van der Waals surface area contributed by atoms with Crippen LogP contribution in [0.15, 0.2) is 24.3 Å². The molecule has 35 heavy (non-hydrogen) atoms. The summed E-state index contributed by atoms with van der Waals surface area (Å²) in [6, 6.07) is 6.13. The summed E-state index contributed by atoms with van der Waals surface area (Å²) in [4.78, 5) is 0. The SMILES string of the molecule is CC(C1CC1)C1CC1.CC1CCC(C)CC1.CCCC1CC1.CCCCCOc1ccc(F)cc1. The van der Waals surface area contributed by atoms with Crippen molar-refractivity contribution in [3.63, 3.8) is 0 Å². The van der Waals surface area contributed by atoms with Crippen molar-refractivity contribution in [2.45, 2.75) is 131 Å². The topological polar surface area (TPSA) is 9.23 Å². The highest BCUT2D eigenvalue weighted by Gasteiger charge is 2.38. The summed E-state index contributed by atoms with van der Waals surface area (Å²) in [6.07, 6.45) is 21.4. The van der Waals surface area contributed by atoms with Crippen molar-refractivity contribution in [1.82, 2.24) is 0 Å². The van der Waals surface area contributed by atoms with Gasteiger partial charge >= 0.3 is 0 Å². The van der Waals surface area contributed by atoms with Crippen molar-refractivity contribution in [3.8, 4) is 5.75 Å². The molecule has 5 rings (SSSR count). The zero-order valence-electron chi connectivity index (χ0n) is 23.9. The number of rotatable bonds is 9. The zero-order chi connectivity index (χ0) is 25.5. The molecule has 0 N–H and O–H groups in total. The van der Waals surface area contributed by atoms with E-state index in [9.17, 15) is 4.39 Å². The Balaban J connectivity index is 0.000000171. The summed E-state index contributed by atoms with van der Waals surface area (Å²) in [5.41, 5.74) is 0. The van der Waals surface area contributed by atoms with Gasteiger partial charge in [0.25, 0.3) is 0 Å². The van der Waals surface area contributed by atoms with E-state index in [2.05, 4.69) is 34.6 Å². The molecule has 0 heterocycles. The lowest BCUT2D eigenvalue weighted by molar-refractivity contribution is 0.306. The van der Waals surface area contributed by atoms with E-state index in [4.69, 9.17) is 4.74 Å². The molecule has 4 fully saturated rings. The molecule has 0 spiro atoms. The molecule has 0 atom stereocenters. The van der Waals surface area contributed by atoms with Gasteiger partial charge in [-0.1, -0.05) is 98.8 Å². The Labute approximate surface area is 218 Å². The third-order valence-electron chi connectivity index (χ3n) is 8.26. The van der Waals surface area contributed by atoms with Crippen LogP contribution in [0.4, 0.5) is 4.39 Å². The van der Waals surface area contributed by atoms with Crippen molar-refractivity contribution in [1.29, 1.82) is 0 Å². The van der Waals surface area contributed by atoms with Crippen molar-refractivity contribution in [3.05, 3.63) is 30.1 Å². The highest BCUT2D eigenvalue weighted by Crippen LogP contribution is 2.48. The smallest absolute Gasteiger partial charge is 0.123 e. The first-order valence-corrected chi connectivity index (χ1v) is 15.3. The van der Waals surface area contributed by atoms with Gasteiger partial charge in [-0.15, -0.1) is 0 Å². The van der Waals surface area contributed by atoms with E-state index in [-0.39, 0.29) is 5.82 Å². The van der Waals surface area contributed by atoms with Crippen LogP contribution in [-0.4, -0.2) is 6.61 Å². The van der Waals surface area contributed by atoms with Crippen LogP contribution in [0.3, 0.4) is 0 Å². The van der Waals surface area contributed by atoms with E-state index in [0.29, 0.717) is 0 Å². The molecule has 0 amide bonds. The van der Waals surface area contributed by atoms with Gasteiger partial charge in [0.2, 0.25) is 0 Å². The van der Waals surface area contributed by atoms with Gasteiger partial charge in [0.15, 0.2) is 0 Å². The quantitative estimate of drug-likeness (QED) is 0.314. The molecule has 0 radical (unpaired) electrons. The molecule has 4 aliphatic carbocycles. The monoisotopic (exact) mass is 488 g/mol. The third kappa shape index (κ3) is 15.6. The van der Waals surface area contributed by atoms with Gasteiger partial charge in [0, 0.05) is 0 Å². The van der Waals surface area contributed by atoms with Crippen LogP contribution < -0.4 is 4.74 Å². The third-order valence-corrected chi connectivity index (χ3v) is 8.26. The maximum atomic E-state index is 12.5. The Kier molecular flexibility index (Phi) is 15.0. The Hall–Kier alpha value is -1.05. The summed E-state index contributed by atoms with van der Waals surface area (Å²) in [5, 5.41) is 0. The number of hydrogen-bond acceptors (Lipinski definition) is 1. The van der Waals surface area contributed by atoms with Gasteiger partial charge in [-0.05, 0) is 91.9 Å². The van der Waals surface area contributed by atoms with E-state index < -0.39 is 0 Å². The molecule has 4 aliphatic rings. The van der Waals surface area contributed by atoms with Crippen LogP contribution in [0.5, 0.6) is 5.75 Å². The predicted octanol–water partition coefficient (Wildman–Crippen LogP) is 10.9. The van der Waals surface area contributed by atoms with E-state index >= 15 is 0 Å². The van der Waals surface area contributed by atoms with E-state index in [0.717, 1.165) is 54.3 Å². The summed E-state index contributed by atoms with van der Waals surface area (Å²) < 4.78 is 17.9. The lowest BCUT2D eigenvalue weighted by Crippen LogP contribution is -2.08. The maximum absolute atomic E-state index is 12.5. The molecule has 1 aromatic rings. The molecule has 202 valence electrons. The molecule has 1 aromatic carbocycles. The Morgan fingerprint density at radius 2 is 1.26 bits per heavy atom. The molecule has 0 aliphatic heterocycles. The van der Waals surface area contributed by atoms with E-state index in [1.54, 1.807) is 12.1 Å². The highest BCUT2D eigenvalue weighted by atomic mass is 19.1. The Bertz CT molecular complexity index is 599. The zero-order valence-corrected chi connectivity index (χ0v) is 23.9. The lowest BCUT2D eigenvalue weighted by atomic mass is 9.84. The normalized spacial score (nSPS) is 23.2. The maximum Gasteiger partial charge on any atom is 0.123 e. The number of halogens is 1. The van der Waals surface area contributed by atoms with E-state index in [1.807, 2.05) is 0 Å². The number of hydrogen-bond donors (Lipinski definition) is 0. The molecule has 2 heteroatoms. The largest absolute Gasteiger partial charge is 0.494 e. The fraction of sp³-hybridized carbons (Fsp3) is 0.818. The van der Waals surface area contributed by atoms with Gasteiger partial charge in [-0.25, -0.2) is 4.39 Å². The van der Waals surface area contributed by atoms with Gasteiger partial charge in [0.1, 0.15) is 11.6 Å². The highest BCUT2D eigenvalue weighted by molar-refractivity contribution is 5.21. The Morgan fingerprint density at radius 3 is 1.63 bits per heavy atom. The fourth-order valence-electron chi connectivity index (χ4n) is 4.94. The van der Waals surface area contributed by atoms with Crippen LogP contribution in [0, 0.1) is 41.3 Å². The van der Waals surface area contributed by atoms with Crippen LogP contribution in [-0.2, 0) is 0 Å². The first-order chi connectivity index (χ1) is 16.9.